The van der Waals surface area contributed by atoms with Crippen molar-refractivity contribution in [2.75, 3.05) is 23.4 Å². The number of halogens is 1. The third-order valence-corrected chi connectivity index (χ3v) is 3.59. The van der Waals surface area contributed by atoms with E-state index >= 15 is 0 Å². The molecule has 0 fully saturated rings. The Morgan fingerprint density at radius 3 is 2.81 bits per heavy atom. The van der Waals surface area contributed by atoms with Gasteiger partial charge in [-0.05, 0) is 30.1 Å². The van der Waals surface area contributed by atoms with Crippen molar-refractivity contribution in [1.82, 2.24) is 0 Å². The Morgan fingerprint density at radius 2 is 2.19 bits per heavy atom. The van der Waals surface area contributed by atoms with Gasteiger partial charge in [0.1, 0.15) is 0 Å². The molecule has 0 radical (unpaired) electrons. The molecule has 1 aromatic rings. The molecular weight excluding hydrogens is 240 g/mol. The average Bonchev–Trinajstić information content (AvgIpc) is 2.30. The van der Waals surface area contributed by atoms with E-state index in [0.29, 0.717) is 12.6 Å². The van der Waals surface area contributed by atoms with E-state index in [1.54, 1.807) is 0 Å². The Hall–Kier alpha value is -0.380. The van der Waals surface area contributed by atoms with Crippen molar-refractivity contribution in [2.45, 2.75) is 19.4 Å². The van der Waals surface area contributed by atoms with Crippen LogP contribution < -0.4 is 11.1 Å². The third kappa shape index (κ3) is 4.64. The first kappa shape index (κ1) is 13.7. The zero-order valence-electron chi connectivity index (χ0n) is 9.58. The lowest BCUT2D eigenvalue weighted by molar-refractivity contribution is 0.709. The predicted molar refractivity (Wildman–Crippen MR) is 75.5 cm³/mol. The summed E-state index contributed by atoms with van der Waals surface area (Å²) in [5, 5.41) is 4.14. The van der Waals surface area contributed by atoms with Gasteiger partial charge in [-0.1, -0.05) is 30.7 Å². The first-order valence-corrected chi connectivity index (χ1v) is 7.10. The molecule has 1 rings (SSSR count). The van der Waals surface area contributed by atoms with Crippen LogP contribution in [0.1, 0.15) is 13.3 Å². The van der Waals surface area contributed by atoms with E-state index in [1.807, 2.05) is 36.0 Å². The summed E-state index contributed by atoms with van der Waals surface area (Å²) in [6, 6.07) is 8.08. The minimum absolute atomic E-state index is 0.305. The highest BCUT2D eigenvalue weighted by Gasteiger charge is 2.07. The minimum atomic E-state index is 0.305. The van der Waals surface area contributed by atoms with E-state index < -0.39 is 0 Å². The number of nitrogens with one attached hydrogen (secondary N) is 1. The van der Waals surface area contributed by atoms with Gasteiger partial charge < -0.3 is 11.1 Å². The molecular formula is C12H19ClN2S. The summed E-state index contributed by atoms with van der Waals surface area (Å²) in [5.74, 6) is 2.29. The van der Waals surface area contributed by atoms with Crippen LogP contribution in [0.15, 0.2) is 24.3 Å². The number of rotatable bonds is 7. The molecule has 90 valence electrons. The molecule has 0 bridgehead atoms. The summed E-state index contributed by atoms with van der Waals surface area (Å²) in [6.07, 6.45) is 1.07. The van der Waals surface area contributed by atoms with Crippen molar-refractivity contribution in [1.29, 1.82) is 0 Å². The number of anilines is 1. The second-order valence-corrected chi connectivity index (χ2v) is 5.34. The summed E-state index contributed by atoms with van der Waals surface area (Å²) in [5.41, 5.74) is 6.71. The summed E-state index contributed by atoms with van der Waals surface area (Å²) < 4.78 is 0. The minimum Gasteiger partial charge on any atom is -0.380 e. The molecule has 4 heteroatoms. The molecule has 1 aromatic carbocycles. The summed E-state index contributed by atoms with van der Waals surface area (Å²) in [7, 11) is 0. The van der Waals surface area contributed by atoms with Crippen LogP contribution in [-0.2, 0) is 0 Å². The molecule has 3 N–H and O–H groups in total. The van der Waals surface area contributed by atoms with Crippen molar-refractivity contribution in [3.63, 3.8) is 0 Å². The zero-order chi connectivity index (χ0) is 11.8. The van der Waals surface area contributed by atoms with Crippen molar-refractivity contribution in [3.05, 3.63) is 29.3 Å². The van der Waals surface area contributed by atoms with E-state index in [1.165, 1.54) is 0 Å². The summed E-state index contributed by atoms with van der Waals surface area (Å²) >= 11 is 8.02. The molecule has 0 spiro atoms. The monoisotopic (exact) mass is 258 g/mol. The Kier molecular flexibility index (Phi) is 6.69. The van der Waals surface area contributed by atoms with Crippen LogP contribution in [0.3, 0.4) is 0 Å². The van der Waals surface area contributed by atoms with Crippen LogP contribution in [0.4, 0.5) is 5.69 Å². The van der Waals surface area contributed by atoms with E-state index in [-0.39, 0.29) is 0 Å². The number of para-hydroxylation sites is 1. The molecule has 0 amide bonds. The maximum Gasteiger partial charge on any atom is 0.0637 e. The van der Waals surface area contributed by atoms with E-state index in [2.05, 4.69) is 12.2 Å². The second-order valence-electron chi connectivity index (χ2n) is 3.54. The summed E-state index contributed by atoms with van der Waals surface area (Å²) in [6.45, 7) is 2.80. The number of hydrogen-bond acceptors (Lipinski definition) is 3. The smallest absolute Gasteiger partial charge is 0.0637 e. The average molecular weight is 259 g/mol. The Morgan fingerprint density at radius 1 is 1.44 bits per heavy atom. The van der Waals surface area contributed by atoms with Gasteiger partial charge in [0, 0.05) is 12.6 Å². The van der Waals surface area contributed by atoms with Gasteiger partial charge in [-0.2, -0.15) is 11.8 Å². The van der Waals surface area contributed by atoms with Crippen LogP contribution in [0.2, 0.25) is 5.02 Å². The fourth-order valence-electron chi connectivity index (χ4n) is 1.42. The fourth-order valence-corrected chi connectivity index (χ4v) is 2.35. The van der Waals surface area contributed by atoms with Crippen molar-refractivity contribution >= 4 is 29.1 Å². The number of benzene rings is 1. The molecule has 0 saturated carbocycles. The van der Waals surface area contributed by atoms with Gasteiger partial charge in [0.15, 0.2) is 0 Å². The molecule has 2 nitrogen and oxygen atoms in total. The molecule has 0 aliphatic rings. The molecule has 0 aliphatic heterocycles. The lowest BCUT2D eigenvalue weighted by atomic mass is 10.2. The molecule has 0 saturated heterocycles. The van der Waals surface area contributed by atoms with Gasteiger partial charge in [-0.25, -0.2) is 0 Å². The molecule has 0 aliphatic carbocycles. The van der Waals surface area contributed by atoms with Crippen LogP contribution in [0.25, 0.3) is 0 Å². The van der Waals surface area contributed by atoms with Gasteiger partial charge in [-0.15, -0.1) is 0 Å². The van der Waals surface area contributed by atoms with Gasteiger partial charge in [0.2, 0.25) is 0 Å². The predicted octanol–water partition coefficient (Wildman–Crippen LogP) is 3.22. The van der Waals surface area contributed by atoms with Gasteiger partial charge >= 0.3 is 0 Å². The standard InChI is InChI=1S/C12H19ClN2S/c1-2-16-8-7-10(9-14)15-12-6-4-3-5-11(12)13/h3-6,10,15H,2,7-9,14H2,1H3. The first-order chi connectivity index (χ1) is 7.77. The first-order valence-electron chi connectivity index (χ1n) is 5.56. The number of hydrogen-bond donors (Lipinski definition) is 2. The molecule has 0 heterocycles. The molecule has 0 aromatic heterocycles. The normalized spacial score (nSPS) is 12.4. The van der Waals surface area contributed by atoms with E-state index in [4.69, 9.17) is 17.3 Å². The van der Waals surface area contributed by atoms with Crippen molar-refractivity contribution in [2.24, 2.45) is 5.73 Å². The topological polar surface area (TPSA) is 38.0 Å². The van der Waals surface area contributed by atoms with E-state index in [0.717, 1.165) is 28.6 Å². The van der Waals surface area contributed by atoms with Crippen molar-refractivity contribution in [3.8, 4) is 0 Å². The van der Waals surface area contributed by atoms with Crippen LogP contribution in [0.5, 0.6) is 0 Å². The largest absolute Gasteiger partial charge is 0.380 e. The zero-order valence-corrected chi connectivity index (χ0v) is 11.2. The highest BCUT2D eigenvalue weighted by atomic mass is 35.5. The molecule has 16 heavy (non-hydrogen) atoms. The maximum atomic E-state index is 6.08. The van der Waals surface area contributed by atoms with E-state index in [9.17, 15) is 0 Å². The van der Waals surface area contributed by atoms with Crippen molar-refractivity contribution < 1.29 is 0 Å². The van der Waals surface area contributed by atoms with Crippen LogP contribution in [-0.4, -0.2) is 24.1 Å². The lowest BCUT2D eigenvalue weighted by Gasteiger charge is -2.18. The van der Waals surface area contributed by atoms with Gasteiger partial charge in [0.05, 0.1) is 10.7 Å². The highest BCUT2D eigenvalue weighted by molar-refractivity contribution is 7.99. The highest BCUT2D eigenvalue weighted by Crippen LogP contribution is 2.21. The van der Waals surface area contributed by atoms with Gasteiger partial charge in [0.25, 0.3) is 0 Å². The fraction of sp³-hybridized carbons (Fsp3) is 0.500. The Labute approximate surface area is 107 Å². The van der Waals surface area contributed by atoms with Crippen LogP contribution in [0, 0.1) is 0 Å². The maximum absolute atomic E-state index is 6.08. The SMILES string of the molecule is CCSCCC(CN)Nc1ccccc1Cl. The Bertz CT molecular complexity index is 307. The van der Waals surface area contributed by atoms with Crippen LogP contribution >= 0.6 is 23.4 Å². The third-order valence-electron chi connectivity index (χ3n) is 2.33. The number of thioether (sulfide) groups is 1. The van der Waals surface area contributed by atoms with Gasteiger partial charge in [-0.3, -0.25) is 0 Å². The summed E-state index contributed by atoms with van der Waals surface area (Å²) in [4.78, 5) is 0. The second kappa shape index (κ2) is 7.82. The quantitative estimate of drug-likeness (QED) is 0.738. The Balaban J connectivity index is 2.46. The molecule has 1 unspecified atom stereocenters. The number of nitrogens with two attached hydrogens (primary N) is 1. The molecule has 1 atom stereocenters. The lowest BCUT2D eigenvalue weighted by Crippen LogP contribution is -2.29.